The highest BCUT2D eigenvalue weighted by molar-refractivity contribution is 5.42. The lowest BCUT2D eigenvalue weighted by Gasteiger charge is -2.05. The van der Waals surface area contributed by atoms with Crippen molar-refractivity contribution in [2.24, 2.45) is 7.05 Å². The number of halogens is 1. The minimum atomic E-state index is -0.252. The van der Waals surface area contributed by atoms with E-state index >= 15 is 0 Å². The summed E-state index contributed by atoms with van der Waals surface area (Å²) in [5.74, 6) is 0.553. The number of nitrogens with one attached hydrogen (secondary N) is 1. The number of rotatable bonds is 3. The molecule has 0 fully saturated rings. The first-order chi connectivity index (χ1) is 7.25. The molecule has 0 atom stereocenters. The molecule has 1 heterocycles. The first-order valence-corrected chi connectivity index (χ1v) is 4.58. The zero-order valence-corrected chi connectivity index (χ0v) is 8.31. The second-order valence-corrected chi connectivity index (χ2v) is 3.16. The first-order valence-electron chi connectivity index (χ1n) is 4.58. The summed E-state index contributed by atoms with van der Waals surface area (Å²) in [5, 5.41) is 7.00. The maximum absolute atomic E-state index is 12.8. The SMILES string of the molecule is Cn1ncnc1CNc1cccc(F)c1. The van der Waals surface area contributed by atoms with Gasteiger partial charge in [-0.15, -0.1) is 0 Å². The van der Waals surface area contributed by atoms with Gasteiger partial charge in [-0.25, -0.2) is 9.37 Å². The number of anilines is 1. The molecule has 0 aliphatic heterocycles. The fourth-order valence-corrected chi connectivity index (χ4v) is 1.26. The van der Waals surface area contributed by atoms with E-state index in [0.29, 0.717) is 6.54 Å². The molecule has 0 spiro atoms. The number of aromatic nitrogens is 3. The Hall–Kier alpha value is -1.91. The maximum atomic E-state index is 12.8. The van der Waals surface area contributed by atoms with E-state index in [0.717, 1.165) is 11.5 Å². The van der Waals surface area contributed by atoms with Crippen LogP contribution in [0.5, 0.6) is 0 Å². The summed E-state index contributed by atoms with van der Waals surface area (Å²) in [6.45, 7) is 0.528. The molecule has 0 aliphatic rings. The van der Waals surface area contributed by atoms with Crippen molar-refractivity contribution < 1.29 is 4.39 Å². The quantitative estimate of drug-likeness (QED) is 0.828. The van der Waals surface area contributed by atoms with E-state index in [1.807, 2.05) is 7.05 Å². The zero-order valence-electron chi connectivity index (χ0n) is 8.31. The third-order valence-electron chi connectivity index (χ3n) is 2.08. The molecule has 4 nitrogen and oxygen atoms in total. The van der Waals surface area contributed by atoms with Gasteiger partial charge in [0, 0.05) is 12.7 Å². The Morgan fingerprint density at radius 3 is 3.00 bits per heavy atom. The second-order valence-electron chi connectivity index (χ2n) is 3.16. The van der Waals surface area contributed by atoms with Crippen molar-refractivity contribution in [3.63, 3.8) is 0 Å². The third-order valence-corrected chi connectivity index (χ3v) is 2.08. The molecule has 0 aliphatic carbocycles. The number of nitrogens with zero attached hydrogens (tertiary/aromatic N) is 3. The van der Waals surface area contributed by atoms with Gasteiger partial charge in [0.25, 0.3) is 0 Å². The molecule has 15 heavy (non-hydrogen) atoms. The molecule has 0 saturated carbocycles. The zero-order chi connectivity index (χ0) is 10.7. The highest BCUT2D eigenvalue weighted by atomic mass is 19.1. The van der Waals surface area contributed by atoms with Crippen LogP contribution in [0.2, 0.25) is 0 Å². The van der Waals surface area contributed by atoms with E-state index in [1.165, 1.54) is 18.5 Å². The molecule has 1 N–H and O–H groups in total. The minimum absolute atomic E-state index is 0.252. The van der Waals surface area contributed by atoms with Crippen molar-refractivity contribution in [2.75, 3.05) is 5.32 Å². The van der Waals surface area contributed by atoms with Crippen LogP contribution in [-0.2, 0) is 13.6 Å². The topological polar surface area (TPSA) is 42.7 Å². The second kappa shape index (κ2) is 4.08. The maximum Gasteiger partial charge on any atom is 0.145 e. The van der Waals surface area contributed by atoms with Crippen LogP contribution in [0, 0.1) is 5.82 Å². The van der Waals surface area contributed by atoms with Gasteiger partial charge in [0.15, 0.2) is 0 Å². The smallest absolute Gasteiger partial charge is 0.145 e. The molecule has 78 valence electrons. The molecule has 0 amide bonds. The lowest BCUT2D eigenvalue weighted by Crippen LogP contribution is -2.06. The summed E-state index contributed by atoms with van der Waals surface area (Å²) in [5.41, 5.74) is 0.734. The number of aryl methyl sites for hydroxylation is 1. The number of hydrogen-bond donors (Lipinski definition) is 1. The van der Waals surface area contributed by atoms with Crippen molar-refractivity contribution >= 4 is 5.69 Å². The number of benzene rings is 1. The van der Waals surface area contributed by atoms with Crippen LogP contribution in [0.25, 0.3) is 0 Å². The van der Waals surface area contributed by atoms with Gasteiger partial charge in [0.2, 0.25) is 0 Å². The Labute approximate surface area is 86.8 Å². The summed E-state index contributed by atoms with van der Waals surface area (Å²) in [4.78, 5) is 4.05. The molecule has 2 rings (SSSR count). The van der Waals surface area contributed by atoms with Crippen molar-refractivity contribution in [3.05, 3.63) is 42.2 Å². The van der Waals surface area contributed by atoms with Gasteiger partial charge < -0.3 is 5.32 Å². The van der Waals surface area contributed by atoms with E-state index in [1.54, 1.807) is 16.8 Å². The molecule has 1 aromatic heterocycles. The predicted molar refractivity (Wildman–Crippen MR) is 54.7 cm³/mol. The molecule has 0 bridgehead atoms. The van der Waals surface area contributed by atoms with Gasteiger partial charge in [-0.05, 0) is 18.2 Å². The van der Waals surface area contributed by atoms with Crippen molar-refractivity contribution in [2.45, 2.75) is 6.54 Å². The van der Waals surface area contributed by atoms with E-state index in [2.05, 4.69) is 15.4 Å². The van der Waals surface area contributed by atoms with Crippen molar-refractivity contribution in [3.8, 4) is 0 Å². The van der Waals surface area contributed by atoms with Crippen LogP contribution >= 0.6 is 0 Å². The van der Waals surface area contributed by atoms with Gasteiger partial charge in [-0.1, -0.05) is 6.07 Å². The average Bonchev–Trinajstić information content (AvgIpc) is 2.61. The Kier molecular flexibility index (Phi) is 2.62. The molecule has 2 aromatic rings. The van der Waals surface area contributed by atoms with Gasteiger partial charge in [-0.2, -0.15) is 5.10 Å². The fourth-order valence-electron chi connectivity index (χ4n) is 1.26. The summed E-state index contributed by atoms with van der Waals surface area (Å²) in [7, 11) is 1.82. The summed E-state index contributed by atoms with van der Waals surface area (Å²) < 4.78 is 14.5. The molecule has 0 saturated heterocycles. The monoisotopic (exact) mass is 206 g/mol. The summed E-state index contributed by atoms with van der Waals surface area (Å²) in [6.07, 6.45) is 1.49. The Morgan fingerprint density at radius 2 is 2.33 bits per heavy atom. The molecular formula is C10H11FN4. The van der Waals surface area contributed by atoms with Crippen LogP contribution in [-0.4, -0.2) is 14.8 Å². The Bertz CT molecular complexity index is 452. The van der Waals surface area contributed by atoms with Crippen LogP contribution in [0.15, 0.2) is 30.6 Å². The average molecular weight is 206 g/mol. The Balaban J connectivity index is 2.02. The molecule has 0 unspecified atom stereocenters. The van der Waals surface area contributed by atoms with Gasteiger partial charge in [0.05, 0.1) is 6.54 Å². The number of hydrogen-bond acceptors (Lipinski definition) is 3. The van der Waals surface area contributed by atoms with Crippen LogP contribution < -0.4 is 5.32 Å². The van der Waals surface area contributed by atoms with Crippen LogP contribution in [0.3, 0.4) is 0 Å². The lowest BCUT2D eigenvalue weighted by molar-refractivity contribution is 0.628. The lowest BCUT2D eigenvalue weighted by atomic mass is 10.3. The molecule has 0 radical (unpaired) electrons. The minimum Gasteiger partial charge on any atom is -0.378 e. The fraction of sp³-hybridized carbons (Fsp3) is 0.200. The Morgan fingerprint density at radius 1 is 1.47 bits per heavy atom. The van der Waals surface area contributed by atoms with E-state index in [9.17, 15) is 4.39 Å². The third kappa shape index (κ3) is 2.31. The molecule has 1 aromatic carbocycles. The summed E-state index contributed by atoms with van der Waals surface area (Å²) >= 11 is 0. The molecule has 5 heteroatoms. The van der Waals surface area contributed by atoms with Crippen LogP contribution in [0.1, 0.15) is 5.82 Å². The molecular weight excluding hydrogens is 195 g/mol. The van der Waals surface area contributed by atoms with Gasteiger partial charge in [-0.3, -0.25) is 4.68 Å². The van der Waals surface area contributed by atoms with E-state index < -0.39 is 0 Å². The normalized spacial score (nSPS) is 10.3. The van der Waals surface area contributed by atoms with Crippen molar-refractivity contribution in [1.29, 1.82) is 0 Å². The highest BCUT2D eigenvalue weighted by Crippen LogP contribution is 2.09. The highest BCUT2D eigenvalue weighted by Gasteiger charge is 2.00. The van der Waals surface area contributed by atoms with E-state index in [-0.39, 0.29) is 5.82 Å². The predicted octanol–water partition coefficient (Wildman–Crippen LogP) is 1.57. The first kappa shape index (κ1) is 9.64. The van der Waals surface area contributed by atoms with Gasteiger partial charge >= 0.3 is 0 Å². The standard InChI is InChI=1S/C10H11FN4/c1-15-10(13-7-14-15)6-12-9-4-2-3-8(11)5-9/h2-5,7,12H,6H2,1H3. The van der Waals surface area contributed by atoms with E-state index in [4.69, 9.17) is 0 Å². The van der Waals surface area contributed by atoms with Crippen LogP contribution in [0.4, 0.5) is 10.1 Å². The summed E-state index contributed by atoms with van der Waals surface area (Å²) in [6, 6.07) is 6.32. The largest absolute Gasteiger partial charge is 0.378 e. The van der Waals surface area contributed by atoms with Gasteiger partial charge in [0.1, 0.15) is 18.0 Å². The van der Waals surface area contributed by atoms with Crippen molar-refractivity contribution in [1.82, 2.24) is 14.8 Å².